The molecule has 0 radical (unpaired) electrons. The minimum absolute atomic E-state index is 0.0124. The van der Waals surface area contributed by atoms with Crippen molar-refractivity contribution in [3.8, 4) is 0 Å². The molecule has 3 atom stereocenters. The molecule has 2 aliphatic carbocycles. The highest BCUT2D eigenvalue weighted by Gasteiger charge is 2.42. The molecule has 0 amide bonds. The fourth-order valence-corrected chi connectivity index (χ4v) is 8.93. The molecule has 2 saturated carbocycles. The molecule has 0 spiro atoms. The normalized spacial score (nSPS) is 22.8. The zero-order valence-electron chi connectivity index (χ0n) is 20.5. The predicted molar refractivity (Wildman–Crippen MR) is 145 cm³/mol. The van der Waals surface area contributed by atoms with Crippen molar-refractivity contribution in [3.63, 3.8) is 0 Å². The molecule has 2 fully saturated rings. The van der Waals surface area contributed by atoms with Crippen LogP contribution < -0.4 is 4.72 Å². The van der Waals surface area contributed by atoms with Gasteiger partial charge in [0.05, 0.1) is 27.4 Å². The number of imidazole rings is 1. The molecule has 9 nitrogen and oxygen atoms in total. The SMILES string of the molecule is CC[C@@H]1C[C@H](NS(=O)(=O)C2CC2)C[C@@H]1c1nc(Br)c2cnc3c(ccn3S(=O)(=O)c3ccc(C)cc3)n12. The van der Waals surface area contributed by atoms with Crippen LogP contribution >= 0.6 is 15.9 Å². The van der Waals surface area contributed by atoms with Crippen molar-refractivity contribution in [2.24, 2.45) is 5.92 Å². The van der Waals surface area contributed by atoms with Crippen LogP contribution in [-0.2, 0) is 20.0 Å². The number of nitrogens with one attached hydrogen (secondary N) is 1. The summed E-state index contributed by atoms with van der Waals surface area (Å²) in [4.78, 5) is 9.54. The number of halogens is 1. The van der Waals surface area contributed by atoms with Gasteiger partial charge in [-0.25, -0.2) is 35.5 Å². The van der Waals surface area contributed by atoms with Crippen LogP contribution in [0.3, 0.4) is 0 Å². The minimum atomic E-state index is -3.85. The summed E-state index contributed by atoms with van der Waals surface area (Å²) in [6, 6.07) is 8.35. The number of hydrogen-bond acceptors (Lipinski definition) is 6. The summed E-state index contributed by atoms with van der Waals surface area (Å²) in [7, 11) is -7.14. The monoisotopic (exact) mass is 605 g/mol. The predicted octanol–water partition coefficient (Wildman–Crippen LogP) is 4.35. The van der Waals surface area contributed by atoms with E-state index in [1.54, 1.807) is 36.5 Å². The minimum Gasteiger partial charge on any atom is -0.290 e. The van der Waals surface area contributed by atoms with Crippen molar-refractivity contribution < 1.29 is 16.8 Å². The van der Waals surface area contributed by atoms with Gasteiger partial charge in [-0.1, -0.05) is 31.0 Å². The second-order valence-electron chi connectivity index (χ2n) is 10.2. The summed E-state index contributed by atoms with van der Waals surface area (Å²) in [6.07, 6.45) is 6.90. The van der Waals surface area contributed by atoms with Crippen molar-refractivity contribution in [3.05, 3.63) is 58.7 Å². The molecule has 3 heterocycles. The van der Waals surface area contributed by atoms with E-state index >= 15 is 0 Å². The van der Waals surface area contributed by atoms with Crippen molar-refractivity contribution >= 4 is 52.7 Å². The lowest BCUT2D eigenvalue weighted by atomic mass is 9.93. The zero-order valence-corrected chi connectivity index (χ0v) is 23.7. The number of aryl methyl sites for hydroxylation is 1. The molecule has 0 saturated heterocycles. The first-order chi connectivity index (χ1) is 17.6. The number of aromatic nitrogens is 4. The number of hydrogen-bond donors (Lipinski definition) is 1. The summed E-state index contributed by atoms with van der Waals surface area (Å²) in [5.74, 6) is 1.05. The van der Waals surface area contributed by atoms with E-state index in [9.17, 15) is 16.8 Å². The quantitative estimate of drug-likeness (QED) is 0.335. The van der Waals surface area contributed by atoms with E-state index < -0.39 is 20.0 Å². The van der Waals surface area contributed by atoms with Crippen LogP contribution in [0.1, 0.15) is 56.3 Å². The van der Waals surface area contributed by atoms with Crippen LogP contribution in [0.15, 0.2) is 52.2 Å². The number of nitrogens with zero attached hydrogens (tertiary/aromatic N) is 4. The van der Waals surface area contributed by atoms with Crippen LogP contribution in [0.2, 0.25) is 0 Å². The van der Waals surface area contributed by atoms with Crippen molar-refractivity contribution in [2.75, 3.05) is 0 Å². The van der Waals surface area contributed by atoms with Gasteiger partial charge in [-0.2, -0.15) is 0 Å². The number of sulfonamides is 1. The van der Waals surface area contributed by atoms with E-state index in [0.717, 1.165) is 42.6 Å². The Balaban J connectivity index is 1.43. The van der Waals surface area contributed by atoms with Crippen molar-refractivity contribution in [1.29, 1.82) is 0 Å². The van der Waals surface area contributed by atoms with Gasteiger partial charge in [-0.3, -0.25) is 4.40 Å². The highest BCUT2D eigenvalue weighted by atomic mass is 79.9. The number of rotatable bonds is 7. The van der Waals surface area contributed by atoms with Crippen LogP contribution in [-0.4, -0.2) is 46.5 Å². The Morgan fingerprint density at radius 2 is 1.78 bits per heavy atom. The van der Waals surface area contributed by atoms with Gasteiger partial charge in [0.15, 0.2) is 5.65 Å². The molecule has 1 aromatic carbocycles. The Kier molecular flexibility index (Phi) is 6.01. The molecule has 0 bridgehead atoms. The molecule has 1 N–H and O–H groups in total. The molecular weight excluding hydrogens is 578 g/mol. The lowest BCUT2D eigenvalue weighted by molar-refractivity contribution is 0.450. The van der Waals surface area contributed by atoms with Gasteiger partial charge in [0.2, 0.25) is 10.0 Å². The molecule has 3 aromatic heterocycles. The van der Waals surface area contributed by atoms with Gasteiger partial charge in [-0.05, 0) is 72.7 Å². The van der Waals surface area contributed by atoms with E-state index in [0.29, 0.717) is 22.2 Å². The van der Waals surface area contributed by atoms with Crippen LogP contribution in [0.25, 0.3) is 16.7 Å². The first-order valence-corrected chi connectivity index (χ1v) is 16.3. The Hall–Kier alpha value is -2.28. The lowest BCUT2D eigenvalue weighted by Crippen LogP contribution is -2.35. The third-order valence-electron chi connectivity index (χ3n) is 7.67. The average Bonchev–Trinajstić information content (AvgIpc) is 3.39. The summed E-state index contributed by atoms with van der Waals surface area (Å²) >= 11 is 3.56. The maximum Gasteiger partial charge on any atom is 0.269 e. The Bertz CT molecular complexity index is 1720. The maximum atomic E-state index is 13.5. The van der Waals surface area contributed by atoms with Gasteiger partial charge >= 0.3 is 0 Å². The molecular formula is C25H28BrN5O4S2. The van der Waals surface area contributed by atoms with E-state index in [2.05, 4.69) is 32.6 Å². The summed E-state index contributed by atoms with van der Waals surface area (Å²) in [5.41, 5.74) is 2.67. The molecule has 2 aliphatic rings. The Labute approximate surface area is 224 Å². The molecule has 4 aromatic rings. The Morgan fingerprint density at radius 1 is 1.05 bits per heavy atom. The third kappa shape index (κ3) is 4.21. The fourth-order valence-electron chi connectivity index (χ4n) is 5.57. The first kappa shape index (κ1) is 25.0. The van der Waals surface area contributed by atoms with Gasteiger partial charge in [0, 0.05) is 18.2 Å². The first-order valence-electron chi connectivity index (χ1n) is 12.5. The zero-order chi connectivity index (χ0) is 26.1. The smallest absolute Gasteiger partial charge is 0.269 e. The van der Waals surface area contributed by atoms with Gasteiger partial charge < -0.3 is 0 Å². The van der Waals surface area contributed by atoms with E-state index in [-0.39, 0.29) is 28.0 Å². The van der Waals surface area contributed by atoms with E-state index in [4.69, 9.17) is 4.98 Å². The average molecular weight is 607 g/mol. The largest absolute Gasteiger partial charge is 0.290 e. The second-order valence-corrected chi connectivity index (χ2v) is 14.7. The van der Waals surface area contributed by atoms with Crippen LogP contribution in [0.5, 0.6) is 0 Å². The molecule has 12 heteroatoms. The molecule has 196 valence electrons. The van der Waals surface area contributed by atoms with Gasteiger partial charge in [0.1, 0.15) is 10.4 Å². The highest BCUT2D eigenvalue weighted by molar-refractivity contribution is 9.10. The standard InChI is InChI=1S/C25H28BrN5O4S2/c1-3-16-12-17(29-36(32,33)18-8-9-18)13-20(16)24-28-23(26)22-14-27-25-21(31(22)24)10-11-30(25)37(34,35)19-6-4-15(2)5-7-19/h4-7,10-11,14,16-18,20,29H,3,8-9,12-13H2,1-2H3/t16-,17+,20+/m1/s1. The topological polar surface area (TPSA) is 115 Å². The van der Waals surface area contributed by atoms with E-state index in [1.807, 2.05) is 11.3 Å². The van der Waals surface area contributed by atoms with Crippen LogP contribution in [0.4, 0.5) is 0 Å². The Morgan fingerprint density at radius 3 is 2.46 bits per heavy atom. The van der Waals surface area contributed by atoms with Crippen molar-refractivity contribution in [2.45, 2.75) is 68.1 Å². The summed E-state index contributed by atoms with van der Waals surface area (Å²) in [6.45, 7) is 4.02. The second kappa shape index (κ2) is 8.89. The molecule has 0 unspecified atom stereocenters. The molecule has 37 heavy (non-hydrogen) atoms. The maximum absolute atomic E-state index is 13.5. The third-order valence-corrected chi connectivity index (χ3v) is 11.9. The van der Waals surface area contributed by atoms with E-state index in [1.165, 1.54) is 10.2 Å². The highest BCUT2D eigenvalue weighted by Crippen LogP contribution is 2.43. The number of fused-ring (bicyclic) bond motifs is 3. The summed E-state index contributed by atoms with van der Waals surface area (Å²) < 4.78 is 58.9. The molecule has 6 rings (SSSR count). The lowest BCUT2D eigenvalue weighted by Gasteiger charge is -2.17. The summed E-state index contributed by atoms with van der Waals surface area (Å²) in [5, 5.41) is -0.256. The fraction of sp³-hybridized carbons (Fsp3) is 0.440. The number of benzene rings is 1. The van der Waals surface area contributed by atoms with Crippen molar-refractivity contribution in [1.82, 2.24) is 23.1 Å². The van der Waals surface area contributed by atoms with Crippen LogP contribution in [0, 0.1) is 12.8 Å². The van der Waals surface area contributed by atoms with Gasteiger partial charge in [0.25, 0.3) is 10.0 Å². The molecule has 0 aliphatic heterocycles. The van der Waals surface area contributed by atoms with Gasteiger partial charge in [-0.15, -0.1) is 0 Å².